The van der Waals surface area contributed by atoms with Crippen molar-refractivity contribution in [1.82, 2.24) is 0 Å². The summed E-state index contributed by atoms with van der Waals surface area (Å²) in [6.07, 6.45) is 6.72. The Hall–Kier alpha value is -1.78. The first-order chi connectivity index (χ1) is 12.9. The Morgan fingerprint density at radius 3 is 1.92 bits per heavy atom. The van der Waals surface area contributed by atoms with Crippen molar-refractivity contribution < 1.29 is 18.9 Å². The summed E-state index contributed by atoms with van der Waals surface area (Å²) in [6, 6.07) is 11.0. The molecule has 0 aromatic heterocycles. The van der Waals surface area contributed by atoms with Crippen LogP contribution < -0.4 is 9.47 Å². The summed E-state index contributed by atoms with van der Waals surface area (Å²) >= 11 is 0. The van der Waals surface area contributed by atoms with E-state index in [1.54, 1.807) is 0 Å². The van der Waals surface area contributed by atoms with E-state index < -0.39 is 0 Å². The minimum Gasteiger partial charge on any atom is -0.487 e. The van der Waals surface area contributed by atoms with Gasteiger partial charge in [-0.25, -0.2) is 0 Å². The summed E-state index contributed by atoms with van der Waals surface area (Å²) in [4.78, 5) is 0. The summed E-state index contributed by atoms with van der Waals surface area (Å²) in [5.74, 6) is 2.28. The van der Waals surface area contributed by atoms with Crippen LogP contribution in [0.2, 0.25) is 0 Å². The molecule has 0 radical (unpaired) electrons. The second-order valence-corrected chi connectivity index (χ2v) is 7.16. The first-order valence-electron chi connectivity index (χ1n) is 9.89. The molecule has 0 bridgehead atoms. The van der Waals surface area contributed by atoms with Crippen LogP contribution in [0.25, 0.3) is 10.8 Å². The van der Waals surface area contributed by atoms with Crippen molar-refractivity contribution in [3.05, 3.63) is 35.9 Å². The molecule has 1 fully saturated rings. The highest BCUT2D eigenvalue weighted by Crippen LogP contribution is 2.37. The Balaban J connectivity index is 1.61. The van der Waals surface area contributed by atoms with Crippen molar-refractivity contribution in [3.63, 3.8) is 0 Å². The van der Waals surface area contributed by atoms with E-state index in [0.717, 1.165) is 11.5 Å². The quantitative estimate of drug-likeness (QED) is 0.743. The van der Waals surface area contributed by atoms with Gasteiger partial charge in [-0.15, -0.1) is 0 Å². The Morgan fingerprint density at radius 1 is 0.615 bits per heavy atom. The maximum atomic E-state index is 5.96. The first-order valence-corrected chi connectivity index (χ1v) is 9.89. The van der Waals surface area contributed by atoms with Crippen LogP contribution in [-0.4, -0.2) is 39.6 Å². The van der Waals surface area contributed by atoms with Crippen LogP contribution in [0.5, 0.6) is 11.5 Å². The molecule has 2 aromatic carbocycles. The molecule has 140 valence electrons. The van der Waals surface area contributed by atoms with E-state index in [-0.39, 0.29) is 0 Å². The molecular weight excluding hydrogens is 328 g/mol. The zero-order valence-electron chi connectivity index (χ0n) is 15.4. The van der Waals surface area contributed by atoms with Gasteiger partial charge in [-0.1, -0.05) is 37.5 Å². The van der Waals surface area contributed by atoms with E-state index in [1.165, 1.54) is 48.4 Å². The highest BCUT2D eigenvalue weighted by Gasteiger charge is 2.16. The lowest BCUT2D eigenvalue weighted by molar-refractivity contribution is 0.0224. The number of benzene rings is 2. The average Bonchev–Trinajstić information content (AvgIpc) is 2.68. The number of fused-ring (bicyclic) bond motifs is 2. The lowest BCUT2D eigenvalue weighted by Crippen LogP contribution is -2.15. The van der Waals surface area contributed by atoms with Crippen LogP contribution in [0.1, 0.15) is 43.6 Å². The molecule has 4 nitrogen and oxygen atoms in total. The second-order valence-electron chi connectivity index (χ2n) is 7.16. The zero-order valence-corrected chi connectivity index (χ0v) is 15.4. The lowest BCUT2D eigenvalue weighted by Gasteiger charge is -2.22. The van der Waals surface area contributed by atoms with Gasteiger partial charge in [0.15, 0.2) is 11.5 Å². The first kappa shape index (κ1) is 17.6. The number of ether oxygens (including phenoxy) is 4. The van der Waals surface area contributed by atoms with E-state index in [0.29, 0.717) is 45.6 Å². The normalized spacial score (nSPS) is 20.3. The van der Waals surface area contributed by atoms with Crippen molar-refractivity contribution in [1.29, 1.82) is 0 Å². The Kier molecular flexibility index (Phi) is 5.92. The third-order valence-electron chi connectivity index (χ3n) is 5.35. The van der Waals surface area contributed by atoms with Crippen LogP contribution in [0.15, 0.2) is 30.3 Å². The molecule has 0 amide bonds. The standard InChI is InChI=1S/C22H28O4/c1-2-4-17(5-3-1)18-6-7-19-15-21-22(16-20(19)14-18)26-13-11-24-9-8-23-10-12-25-21/h6-7,14-17H,1-5,8-13H2. The van der Waals surface area contributed by atoms with Crippen molar-refractivity contribution in [3.8, 4) is 11.5 Å². The Bertz CT molecular complexity index is 721. The molecule has 1 aliphatic carbocycles. The molecule has 1 heterocycles. The summed E-state index contributed by atoms with van der Waals surface area (Å²) in [7, 11) is 0. The Labute approximate surface area is 155 Å². The van der Waals surface area contributed by atoms with E-state index in [1.807, 2.05) is 0 Å². The van der Waals surface area contributed by atoms with Crippen molar-refractivity contribution in [2.45, 2.75) is 38.0 Å². The summed E-state index contributed by atoms with van der Waals surface area (Å²) < 4.78 is 22.9. The van der Waals surface area contributed by atoms with Crippen LogP contribution in [0, 0.1) is 0 Å². The molecule has 26 heavy (non-hydrogen) atoms. The average molecular weight is 356 g/mol. The molecule has 0 N–H and O–H groups in total. The van der Waals surface area contributed by atoms with E-state index in [2.05, 4.69) is 30.3 Å². The van der Waals surface area contributed by atoms with Gasteiger partial charge in [0.25, 0.3) is 0 Å². The Morgan fingerprint density at radius 2 is 1.23 bits per heavy atom. The van der Waals surface area contributed by atoms with E-state index >= 15 is 0 Å². The van der Waals surface area contributed by atoms with Gasteiger partial charge in [-0.05, 0) is 47.2 Å². The smallest absolute Gasteiger partial charge is 0.161 e. The number of rotatable bonds is 1. The predicted molar refractivity (Wildman–Crippen MR) is 102 cm³/mol. The van der Waals surface area contributed by atoms with Crippen LogP contribution in [0.4, 0.5) is 0 Å². The minimum atomic E-state index is 0.516. The number of hydrogen-bond donors (Lipinski definition) is 0. The molecule has 4 heteroatoms. The van der Waals surface area contributed by atoms with E-state index in [9.17, 15) is 0 Å². The fourth-order valence-corrected chi connectivity index (χ4v) is 3.93. The third kappa shape index (κ3) is 4.30. The van der Waals surface area contributed by atoms with E-state index in [4.69, 9.17) is 18.9 Å². The van der Waals surface area contributed by atoms with Gasteiger partial charge in [-0.2, -0.15) is 0 Å². The maximum absolute atomic E-state index is 5.96. The minimum absolute atomic E-state index is 0.516. The monoisotopic (exact) mass is 356 g/mol. The van der Waals surface area contributed by atoms with Crippen molar-refractivity contribution in [2.75, 3.05) is 39.6 Å². The molecule has 0 spiro atoms. The van der Waals surface area contributed by atoms with Crippen LogP contribution in [0.3, 0.4) is 0 Å². The summed E-state index contributed by atoms with van der Waals surface area (Å²) in [5.41, 5.74) is 1.46. The van der Waals surface area contributed by atoms with Gasteiger partial charge in [0, 0.05) is 0 Å². The summed E-state index contributed by atoms with van der Waals surface area (Å²) in [6.45, 7) is 3.34. The van der Waals surface area contributed by atoms with Gasteiger partial charge < -0.3 is 18.9 Å². The third-order valence-corrected chi connectivity index (χ3v) is 5.35. The van der Waals surface area contributed by atoms with Gasteiger partial charge in [0.2, 0.25) is 0 Å². The predicted octanol–water partition coefficient (Wildman–Crippen LogP) is 4.69. The molecule has 0 atom stereocenters. The largest absolute Gasteiger partial charge is 0.487 e. The zero-order chi connectivity index (χ0) is 17.6. The molecule has 2 aromatic rings. The maximum Gasteiger partial charge on any atom is 0.161 e. The molecule has 0 saturated heterocycles. The highest BCUT2D eigenvalue weighted by atomic mass is 16.6. The molecule has 4 rings (SSSR count). The van der Waals surface area contributed by atoms with Crippen molar-refractivity contribution >= 4 is 10.8 Å². The second kappa shape index (κ2) is 8.74. The van der Waals surface area contributed by atoms with Crippen LogP contribution in [-0.2, 0) is 9.47 Å². The highest BCUT2D eigenvalue weighted by molar-refractivity contribution is 5.86. The van der Waals surface area contributed by atoms with Crippen LogP contribution >= 0.6 is 0 Å². The molecule has 1 aliphatic heterocycles. The topological polar surface area (TPSA) is 36.9 Å². The van der Waals surface area contributed by atoms with Crippen molar-refractivity contribution in [2.24, 2.45) is 0 Å². The molecular formula is C22H28O4. The number of hydrogen-bond acceptors (Lipinski definition) is 4. The van der Waals surface area contributed by atoms with Gasteiger partial charge in [0.05, 0.1) is 26.4 Å². The van der Waals surface area contributed by atoms with Gasteiger partial charge >= 0.3 is 0 Å². The lowest BCUT2D eigenvalue weighted by atomic mass is 9.83. The fourth-order valence-electron chi connectivity index (χ4n) is 3.93. The van der Waals surface area contributed by atoms with Gasteiger partial charge in [0.1, 0.15) is 13.2 Å². The molecule has 0 unspecified atom stereocenters. The fraction of sp³-hybridized carbons (Fsp3) is 0.545. The SMILES string of the molecule is c1cc2cc3c(cc2cc1C1CCCCC1)OCCOCCOCCO3. The summed E-state index contributed by atoms with van der Waals surface area (Å²) in [5, 5.41) is 2.41. The molecule has 1 saturated carbocycles. The van der Waals surface area contributed by atoms with Gasteiger partial charge in [-0.3, -0.25) is 0 Å². The molecule has 2 aliphatic rings.